The number of carbonyl (C=O) groups is 2. The zero-order valence-electron chi connectivity index (χ0n) is 20.1. The van der Waals surface area contributed by atoms with E-state index >= 15 is 0 Å². The predicted molar refractivity (Wildman–Crippen MR) is 141 cm³/mol. The van der Waals surface area contributed by atoms with Crippen molar-refractivity contribution >= 4 is 28.3 Å². The maximum absolute atomic E-state index is 13.9. The molecule has 178 valence electrons. The largest absolute Gasteiger partial charge is 0.371 e. The van der Waals surface area contributed by atoms with Crippen LogP contribution < -0.4 is 5.32 Å². The summed E-state index contributed by atoms with van der Waals surface area (Å²) < 4.78 is 0. The van der Waals surface area contributed by atoms with Crippen LogP contribution in [0.5, 0.6) is 0 Å². The number of amides is 1. The Labute approximate surface area is 206 Å². The normalized spacial score (nSPS) is 14.8. The summed E-state index contributed by atoms with van der Waals surface area (Å²) in [4.78, 5) is 31.5. The van der Waals surface area contributed by atoms with Gasteiger partial charge in [0.05, 0.1) is 0 Å². The Balaban J connectivity index is 1.45. The standard InChI is InChI=1S/C30H31N3O2/c1-2-22-13-9-15-25-26(19-31-28(22)25)30(35)29(23-11-4-3-5-12-23)32-24-14-8-10-21(18-24)20-33-17-7-6-16-27(33)34/h3-5,8-15,18-19,29,31-32H,2,6-7,16-17,20H2,1H3. The van der Waals surface area contributed by atoms with Crippen LogP contribution in [0.3, 0.4) is 0 Å². The number of hydrogen-bond donors (Lipinski definition) is 2. The molecule has 1 saturated heterocycles. The van der Waals surface area contributed by atoms with Gasteiger partial charge in [0.2, 0.25) is 5.91 Å². The van der Waals surface area contributed by atoms with Gasteiger partial charge in [-0.15, -0.1) is 0 Å². The van der Waals surface area contributed by atoms with E-state index in [1.165, 1.54) is 5.56 Å². The van der Waals surface area contributed by atoms with E-state index in [9.17, 15) is 9.59 Å². The number of aromatic nitrogens is 1. The lowest BCUT2D eigenvalue weighted by atomic mass is 9.96. The molecule has 0 aliphatic carbocycles. The van der Waals surface area contributed by atoms with E-state index in [4.69, 9.17) is 0 Å². The molecule has 0 radical (unpaired) electrons. The fraction of sp³-hybridized carbons (Fsp3) is 0.267. The van der Waals surface area contributed by atoms with Crippen LogP contribution in [0.4, 0.5) is 5.69 Å². The van der Waals surface area contributed by atoms with Crippen molar-refractivity contribution < 1.29 is 9.59 Å². The minimum absolute atomic E-state index is 0.0207. The Morgan fingerprint density at radius 2 is 1.86 bits per heavy atom. The van der Waals surface area contributed by atoms with Gasteiger partial charge < -0.3 is 15.2 Å². The quantitative estimate of drug-likeness (QED) is 0.301. The highest BCUT2D eigenvalue weighted by Crippen LogP contribution is 2.29. The molecule has 1 unspecified atom stereocenters. The van der Waals surface area contributed by atoms with Gasteiger partial charge in [0.1, 0.15) is 6.04 Å². The number of likely N-dealkylation sites (tertiary alicyclic amines) is 1. The summed E-state index contributed by atoms with van der Waals surface area (Å²) in [6.07, 6.45) is 5.40. The maximum Gasteiger partial charge on any atom is 0.222 e. The van der Waals surface area contributed by atoms with Crippen molar-refractivity contribution in [2.24, 2.45) is 0 Å². The highest BCUT2D eigenvalue weighted by atomic mass is 16.2. The zero-order valence-corrected chi connectivity index (χ0v) is 20.1. The van der Waals surface area contributed by atoms with E-state index in [2.05, 4.69) is 29.4 Å². The number of para-hydroxylation sites is 1. The first-order valence-electron chi connectivity index (χ1n) is 12.5. The molecule has 2 N–H and O–H groups in total. The van der Waals surface area contributed by atoms with E-state index in [0.29, 0.717) is 18.5 Å². The Bertz CT molecular complexity index is 1340. The monoisotopic (exact) mass is 465 g/mol. The van der Waals surface area contributed by atoms with Gasteiger partial charge in [-0.3, -0.25) is 9.59 Å². The van der Waals surface area contributed by atoms with Crippen LogP contribution in [0.15, 0.2) is 79.0 Å². The van der Waals surface area contributed by atoms with Crippen LogP contribution in [0.25, 0.3) is 10.9 Å². The van der Waals surface area contributed by atoms with Gasteiger partial charge in [-0.2, -0.15) is 0 Å². The highest BCUT2D eigenvalue weighted by Gasteiger charge is 2.25. The average molecular weight is 466 g/mol. The molecular weight excluding hydrogens is 434 g/mol. The van der Waals surface area contributed by atoms with Crippen molar-refractivity contribution in [3.63, 3.8) is 0 Å². The summed E-state index contributed by atoms with van der Waals surface area (Å²) in [6.45, 7) is 3.53. The molecule has 5 rings (SSSR count). The smallest absolute Gasteiger partial charge is 0.222 e. The molecule has 35 heavy (non-hydrogen) atoms. The molecule has 5 nitrogen and oxygen atoms in total. The van der Waals surface area contributed by atoms with E-state index in [1.807, 2.05) is 71.8 Å². The molecule has 1 aliphatic heterocycles. The van der Waals surface area contributed by atoms with Crippen LogP contribution in [0.1, 0.15) is 59.3 Å². The Morgan fingerprint density at radius 3 is 2.66 bits per heavy atom. The minimum Gasteiger partial charge on any atom is -0.371 e. The van der Waals surface area contributed by atoms with Crippen LogP contribution in [-0.2, 0) is 17.8 Å². The summed E-state index contributed by atoms with van der Waals surface area (Å²) in [5.41, 5.74) is 5.75. The maximum atomic E-state index is 13.9. The van der Waals surface area contributed by atoms with Gasteiger partial charge in [-0.05, 0) is 48.1 Å². The fourth-order valence-electron chi connectivity index (χ4n) is 4.99. The average Bonchev–Trinajstić information content (AvgIpc) is 3.33. The molecule has 1 aliphatic rings. The number of H-pyrrole nitrogens is 1. The van der Waals surface area contributed by atoms with Crippen molar-refractivity contribution in [1.82, 2.24) is 9.88 Å². The number of Topliss-reactive ketones (excluding diaryl/α,β-unsaturated/α-hetero) is 1. The molecule has 3 aromatic carbocycles. The van der Waals surface area contributed by atoms with E-state index in [1.54, 1.807) is 0 Å². The van der Waals surface area contributed by atoms with Crippen LogP contribution >= 0.6 is 0 Å². The number of benzene rings is 3. The first kappa shape index (κ1) is 22.9. The van der Waals surface area contributed by atoms with Crippen molar-refractivity contribution in [3.8, 4) is 0 Å². The number of ketones is 1. The van der Waals surface area contributed by atoms with Crippen LogP contribution in [0.2, 0.25) is 0 Å². The van der Waals surface area contributed by atoms with Crippen molar-refractivity contribution in [2.45, 2.75) is 45.2 Å². The second-order valence-electron chi connectivity index (χ2n) is 9.22. The SMILES string of the molecule is CCc1cccc2c(C(=O)C(Nc3cccc(CN4CCCCC4=O)c3)c3ccccc3)c[nH]c12. The summed E-state index contributed by atoms with van der Waals surface area (Å²) >= 11 is 0. The first-order valence-corrected chi connectivity index (χ1v) is 12.5. The topological polar surface area (TPSA) is 65.2 Å². The number of piperidine rings is 1. The summed E-state index contributed by atoms with van der Waals surface area (Å²) in [5, 5.41) is 4.45. The third kappa shape index (κ3) is 4.85. The van der Waals surface area contributed by atoms with Gasteiger partial charge in [0.25, 0.3) is 0 Å². The summed E-state index contributed by atoms with van der Waals surface area (Å²) in [7, 11) is 0. The molecular formula is C30H31N3O2. The molecule has 2 heterocycles. The van der Waals surface area contributed by atoms with Gasteiger partial charge in [-0.25, -0.2) is 0 Å². The molecule has 0 bridgehead atoms. The molecule has 1 aromatic heterocycles. The number of nitrogens with one attached hydrogen (secondary N) is 2. The predicted octanol–water partition coefficient (Wildman–Crippen LogP) is 6.28. The Hall–Kier alpha value is -3.86. The lowest BCUT2D eigenvalue weighted by Gasteiger charge is -2.27. The number of nitrogens with zero attached hydrogens (tertiary/aromatic N) is 1. The molecule has 0 spiro atoms. The minimum atomic E-state index is -0.535. The number of aryl methyl sites for hydroxylation is 1. The molecule has 1 amide bonds. The van der Waals surface area contributed by atoms with E-state index in [0.717, 1.165) is 53.5 Å². The molecule has 1 atom stereocenters. The van der Waals surface area contributed by atoms with Crippen LogP contribution in [-0.4, -0.2) is 28.1 Å². The Kier molecular flexibility index (Phi) is 6.66. The zero-order chi connectivity index (χ0) is 24.2. The fourth-order valence-corrected chi connectivity index (χ4v) is 4.99. The highest BCUT2D eigenvalue weighted by molar-refractivity contribution is 6.12. The van der Waals surface area contributed by atoms with Gasteiger partial charge in [0.15, 0.2) is 5.78 Å². The van der Waals surface area contributed by atoms with Gasteiger partial charge in [0, 0.05) is 47.9 Å². The first-order chi connectivity index (χ1) is 17.1. The van der Waals surface area contributed by atoms with Gasteiger partial charge in [-0.1, -0.05) is 67.6 Å². The molecule has 5 heteroatoms. The molecule has 1 fully saturated rings. The number of fused-ring (bicyclic) bond motifs is 1. The van der Waals surface area contributed by atoms with E-state index in [-0.39, 0.29) is 11.7 Å². The van der Waals surface area contributed by atoms with Crippen LogP contribution in [0, 0.1) is 0 Å². The second-order valence-corrected chi connectivity index (χ2v) is 9.22. The second kappa shape index (κ2) is 10.2. The van der Waals surface area contributed by atoms with E-state index < -0.39 is 6.04 Å². The van der Waals surface area contributed by atoms with Crippen molar-refractivity contribution in [2.75, 3.05) is 11.9 Å². The van der Waals surface area contributed by atoms with Gasteiger partial charge >= 0.3 is 0 Å². The number of hydrogen-bond acceptors (Lipinski definition) is 3. The number of rotatable bonds is 8. The Morgan fingerprint density at radius 1 is 1.03 bits per heavy atom. The number of aromatic amines is 1. The summed E-state index contributed by atoms with van der Waals surface area (Å²) in [5.74, 6) is 0.241. The third-order valence-corrected chi connectivity index (χ3v) is 6.88. The number of carbonyl (C=O) groups excluding carboxylic acids is 2. The molecule has 4 aromatic rings. The lowest BCUT2D eigenvalue weighted by Crippen LogP contribution is -2.34. The lowest BCUT2D eigenvalue weighted by molar-refractivity contribution is -0.133. The third-order valence-electron chi connectivity index (χ3n) is 6.88. The number of anilines is 1. The van der Waals surface area contributed by atoms with Crippen molar-refractivity contribution in [1.29, 1.82) is 0 Å². The van der Waals surface area contributed by atoms with Crippen molar-refractivity contribution in [3.05, 3.63) is 101 Å². The summed E-state index contributed by atoms with van der Waals surface area (Å²) in [6, 6.07) is 23.5. The molecule has 0 saturated carbocycles.